The van der Waals surface area contributed by atoms with E-state index in [4.69, 9.17) is 10.00 Å². The van der Waals surface area contributed by atoms with Gasteiger partial charge in [-0.2, -0.15) is 5.26 Å². The van der Waals surface area contributed by atoms with Gasteiger partial charge in [0.25, 0.3) is 0 Å². The summed E-state index contributed by atoms with van der Waals surface area (Å²) in [4.78, 5) is 7.58. The van der Waals surface area contributed by atoms with E-state index in [0.29, 0.717) is 0 Å². The molecule has 90 valence electrons. The zero-order valence-electron chi connectivity index (χ0n) is 10.1. The van der Waals surface area contributed by atoms with Gasteiger partial charge in [0.05, 0.1) is 25.1 Å². The second-order valence-corrected chi connectivity index (χ2v) is 4.54. The van der Waals surface area contributed by atoms with Crippen molar-refractivity contribution in [2.45, 2.75) is 18.3 Å². The van der Waals surface area contributed by atoms with E-state index in [0.717, 1.165) is 35.7 Å². The molecule has 0 radical (unpaired) electrons. The average Bonchev–Trinajstić information content (AvgIpc) is 3.08. The van der Waals surface area contributed by atoms with Crippen LogP contribution in [-0.4, -0.2) is 17.1 Å². The fourth-order valence-electron chi connectivity index (χ4n) is 2.09. The van der Waals surface area contributed by atoms with E-state index in [2.05, 4.69) is 16.0 Å². The van der Waals surface area contributed by atoms with Gasteiger partial charge in [-0.3, -0.25) is 0 Å². The van der Waals surface area contributed by atoms with Crippen LogP contribution in [0, 0.1) is 11.3 Å². The molecule has 1 heterocycles. The highest BCUT2D eigenvalue weighted by atomic mass is 16.5. The van der Waals surface area contributed by atoms with Crippen molar-refractivity contribution in [3.8, 4) is 23.1 Å². The summed E-state index contributed by atoms with van der Waals surface area (Å²) in [6.45, 7) is 0. The summed E-state index contributed by atoms with van der Waals surface area (Å²) in [5.41, 5.74) is 1.48. The Morgan fingerprint density at radius 3 is 2.83 bits per heavy atom. The van der Waals surface area contributed by atoms with Gasteiger partial charge in [0.15, 0.2) is 0 Å². The molecule has 0 unspecified atom stereocenters. The van der Waals surface area contributed by atoms with Crippen LogP contribution in [-0.2, 0) is 5.41 Å². The quantitative estimate of drug-likeness (QED) is 0.895. The van der Waals surface area contributed by atoms with Crippen LogP contribution in [0.4, 0.5) is 0 Å². The van der Waals surface area contributed by atoms with Crippen molar-refractivity contribution in [1.82, 2.24) is 9.97 Å². The first-order valence-electron chi connectivity index (χ1n) is 5.89. The molecule has 0 aliphatic heterocycles. The van der Waals surface area contributed by atoms with E-state index in [1.54, 1.807) is 13.3 Å². The van der Waals surface area contributed by atoms with Gasteiger partial charge < -0.3 is 9.72 Å². The Morgan fingerprint density at radius 2 is 2.17 bits per heavy atom. The van der Waals surface area contributed by atoms with Gasteiger partial charge >= 0.3 is 0 Å². The van der Waals surface area contributed by atoms with E-state index in [9.17, 15) is 0 Å². The third-order valence-electron chi connectivity index (χ3n) is 3.39. The molecule has 0 saturated heterocycles. The minimum absolute atomic E-state index is 0.375. The molecular formula is C14H13N3O. The standard InChI is InChI=1S/C14H13N3O/c1-18-12-5-3-2-4-10(12)11-8-16-13(17-11)14(9-15)6-7-14/h2-5,8H,6-7H2,1H3,(H,16,17). The highest BCUT2D eigenvalue weighted by Gasteiger charge is 2.47. The van der Waals surface area contributed by atoms with Crippen molar-refractivity contribution in [2.75, 3.05) is 7.11 Å². The second kappa shape index (κ2) is 3.88. The average molecular weight is 239 g/mol. The van der Waals surface area contributed by atoms with Crippen LogP contribution >= 0.6 is 0 Å². The van der Waals surface area contributed by atoms with Crippen LogP contribution in [0.25, 0.3) is 11.3 Å². The Bertz CT molecular complexity index is 620. The lowest BCUT2D eigenvalue weighted by atomic mass is 10.1. The van der Waals surface area contributed by atoms with Crippen LogP contribution < -0.4 is 4.74 Å². The van der Waals surface area contributed by atoms with Crippen molar-refractivity contribution in [3.63, 3.8) is 0 Å². The molecule has 18 heavy (non-hydrogen) atoms. The molecule has 1 aliphatic carbocycles. The van der Waals surface area contributed by atoms with Crippen molar-refractivity contribution in [2.24, 2.45) is 0 Å². The number of ether oxygens (including phenoxy) is 1. The molecule has 2 aromatic rings. The number of aromatic nitrogens is 2. The lowest BCUT2D eigenvalue weighted by Crippen LogP contribution is -2.04. The van der Waals surface area contributed by atoms with Gasteiger partial charge in [-0.1, -0.05) is 12.1 Å². The van der Waals surface area contributed by atoms with Crippen molar-refractivity contribution < 1.29 is 4.74 Å². The highest BCUT2D eigenvalue weighted by Crippen LogP contribution is 2.46. The number of nitriles is 1. The number of imidazole rings is 1. The summed E-state index contributed by atoms with van der Waals surface area (Å²) in [7, 11) is 1.65. The summed E-state index contributed by atoms with van der Waals surface area (Å²) in [5, 5.41) is 9.16. The molecule has 1 saturated carbocycles. The Kier molecular flexibility index (Phi) is 2.34. The first kappa shape index (κ1) is 10.8. The number of H-pyrrole nitrogens is 1. The lowest BCUT2D eigenvalue weighted by Gasteiger charge is -2.06. The number of aromatic amines is 1. The summed E-state index contributed by atoms with van der Waals surface area (Å²) in [5.74, 6) is 1.57. The molecule has 0 spiro atoms. The molecule has 1 aromatic carbocycles. The molecule has 1 aliphatic rings. The summed E-state index contributed by atoms with van der Waals surface area (Å²) < 4.78 is 5.32. The maximum atomic E-state index is 9.16. The van der Waals surface area contributed by atoms with E-state index in [1.807, 2.05) is 24.3 Å². The Hall–Kier alpha value is -2.28. The molecule has 4 nitrogen and oxygen atoms in total. The number of nitrogens with one attached hydrogen (secondary N) is 1. The SMILES string of the molecule is COc1ccccc1-c1cnc(C2(C#N)CC2)[nH]1. The number of rotatable bonds is 3. The van der Waals surface area contributed by atoms with Gasteiger partial charge in [0, 0.05) is 5.56 Å². The molecule has 0 bridgehead atoms. The second-order valence-electron chi connectivity index (χ2n) is 4.54. The van der Waals surface area contributed by atoms with Gasteiger partial charge in [-0.25, -0.2) is 4.98 Å². The smallest absolute Gasteiger partial charge is 0.128 e. The normalized spacial score (nSPS) is 16.0. The Balaban J connectivity index is 2.01. The summed E-state index contributed by atoms with van der Waals surface area (Å²) >= 11 is 0. The largest absolute Gasteiger partial charge is 0.496 e. The van der Waals surface area contributed by atoms with Crippen LogP contribution in [0.1, 0.15) is 18.7 Å². The van der Waals surface area contributed by atoms with Crippen molar-refractivity contribution >= 4 is 0 Å². The molecule has 3 rings (SSSR count). The van der Waals surface area contributed by atoms with Crippen molar-refractivity contribution in [1.29, 1.82) is 5.26 Å². The number of para-hydroxylation sites is 1. The third kappa shape index (κ3) is 1.56. The van der Waals surface area contributed by atoms with Crippen LogP contribution in [0.3, 0.4) is 0 Å². The molecule has 4 heteroatoms. The van der Waals surface area contributed by atoms with Crippen LogP contribution in [0.15, 0.2) is 30.5 Å². The van der Waals surface area contributed by atoms with Gasteiger partial charge in [0.2, 0.25) is 0 Å². The van der Waals surface area contributed by atoms with E-state index in [-0.39, 0.29) is 5.41 Å². The molecule has 0 amide bonds. The highest BCUT2D eigenvalue weighted by molar-refractivity contribution is 5.67. The number of benzene rings is 1. The van der Waals surface area contributed by atoms with Crippen LogP contribution in [0.2, 0.25) is 0 Å². The minimum Gasteiger partial charge on any atom is -0.496 e. The van der Waals surface area contributed by atoms with Gasteiger partial charge in [0.1, 0.15) is 17.0 Å². The molecule has 1 N–H and O–H groups in total. The minimum atomic E-state index is -0.375. The monoisotopic (exact) mass is 239 g/mol. The van der Waals surface area contributed by atoms with Crippen molar-refractivity contribution in [3.05, 3.63) is 36.3 Å². The van der Waals surface area contributed by atoms with E-state index >= 15 is 0 Å². The number of hydrogen-bond acceptors (Lipinski definition) is 3. The first-order valence-corrected chi connectivity index (χ1v) is 5.89. The van der Waals surface area contributed by atoms with Gasteiger partial charge in [-0.05, 0) is 25.0 Å². The topological polar surface area (TPSA) is 61.7 Å². The first-order chi connectivity index (χ1) is 8.79. The zero-order chi connectivity index (χ0) is 12.6. The molecule has 1 aromatic heterocycles. The molecule has 0 atom stereocenters. The Labute approximate surface area is 105 Å². The predicted molar refractivity (Wildman–Crippen MR) is 67.1 cm³/mol. The fourth-order valence-corrected chi connectivity index (χ4v) is 2.09. The van der Waals surface area contributed by atoms with Crippen LogP contribution in [0.5, 0.6) is 5.75 Å². The third-order valence-corrected chi connectivity index (χ3v) is 3.39. The number of hydrogen-bond donors (Lipinski definition) is 1. The lowest BCUT2D eigenvalue weighted by molar-refractivity contribution is 0.416. The number of nitrogens with zero attached hydrogens (tertiary/aromatic N) is 2. The van der Waals surface area contributed by atoms with E-state index < -0.39 is 0 Å². The van der Waals surface area contributed by atoms with Gasteiger partial charge in [-0.15, -0.1) is 0 Å². The predicted octanol–water partition coefficient (Wildman–Crippen LogP) is 2.64. The van der Waals surface area contributed by atoms with E-state index in [1.165, 1.54) is 0 Å². The molecule has 1 fully saturated rings. The maximum Gasteiger partial charge on any atom is 0.128 e. The maximum absolute atomic E-state index is 9.16. The fraction of sp³-hybridized carbons (Fsp3) is 0.286. The number of methoxy groups -OCH3 is 1. The Morgan fingerprint density at radius 1 is 1.39 bits per heavy atom. The summed E-state index contributed by atoms with van der Waals surface area (Å²) in [6.07, 6.45) is 3.55. The molecular weight excluding hydrogens is 226 g/mol. The zero-order valence-corrected chi connectivity index (χ0v) is 10.1. The summed E-state index contributed by atoms with van der Waals surface area (Å²) in [6, 6.07) is 10.1.